The molecule has 1 amide bonds. The first kappa shape index (κ1) is 28.9. The molecule has 8 nitrogen and oxygen atoms in total. The molecule has 0 spiro atoms. The monoisotopic (exact) mass is 583 g/mol. The van der Waals surface area contributed by atoms with Crippen LogP contribution in [0.1, 0.15) is 29.8 Å². The average molecular weight is 585 g/mol. The van der Waals surface area contributed by atoms with Crippen molar-refractivity contribution in [1.29, 1.82) is 0 Å². The highest BCUT2D eigenvalue weighted by atomic mass is 35.5. The molecule has 3 aromatic rings. The minimum atomic E-state index is -3.69. The van der Waals surface area contributed by atoms with Crippen molar-refractivity contribution in [3.8, 4) is 0 Å². The predicted octanol–water partition coefficient (Wildman–Crippen LogP) is 5.24. The summed E-state index contributed by atoms with van der Waals surface area (Å²) in [6, 6.07) is 16.9. The Morgan fingerprint density at radius 3 is 1.86 bits per heavy atom. The van der Waals surface area contributed by atoms with Crippen LogP contribution in [0.5, 0.6) is 0 Å². The van der Waals surface area contributed by atoms with E-state index in [0.29, 0.717) is 40.1 Å². The van der Waals surface area contributed by atoms with E-state index in [9.17, 15) is 21.6 Å². The normalized spacial score (nSPS) is 11.9. The topological polar surface area (TPSA) is 104 Å². The van der Waals surface area contributed by atoms with E-state index in [1.807, 2.05) is 0 Å². The standard InChI is InChI=1S/C25H27Cl2N3O5S2/c1-4-29(5-2)37(34,35)21-15-11-19(12-16-21)28-25(31)18-9-13-20(14-10-18)30(36(3,32)33)17-22-23(26)7-6-8-24(22)27/h6-16H,4-5,17H2,1-3H3,(H,28,31). The molecule has 0 aliphatic carbocycles. The number of hydrogen-bond acceptors (Lipinski definition) is 5. The molecule has 0 unspecified atom stereocenters. The molecular formula is C25H27Cl2N3O5S2. The van der Waals surface area contributed by atoms with Crippen molar-refractivity contribution in [3.05, 3.63) is 87.9 Å². The van der Waals surface area contributed by atoms with Crippen LogP contribution in [-0.4, -0.2) is 46.4 Å². The summed E-state index contributed by atoms with van der Waals surface area (Å²) in [6.07, 6.45) is 1.07. The number of carbonyl (C=O) groups excluding carboxylic acids is 1. The molecule has 0 saturated heterocycles. The Bertz CT molecular complexity index is 1450. The Hall–Kier alpha value is -2.63. The number of amides is 1. The molecule has 0 bridgehead atoms. The number of benzene rings is 3. The van der Waals surface area contributed by atoms with Crippen LogP contribution in [0.25, 0.3) is 0 Å². The van der Waals surface area contributed by atoms with Gasteiger partial charge in [-0.25, -0.2) is 16.8 Å². The van der Waals surface area contributed by atoms with E-state index in [2.05, 4.69) is 5.32 Å². The van der Waals surface area contributed by atoms with E-state index >= 15 is 0 Å². The number of rotatable bonds is 10. The van der Waals surface area contributed by atoms with Crippen LogP contribution in [-0.2, 0) is 26.6 Å². The largest absolute Gasteiger partial charge is 0.322 e. The van der Waals surface area contributed by atoms with Crippen LogP contribution in [0.2, 0.25) is 10.0 Å². The van der Waals surface area contributed by atoms with Gasteiger partial charge in [0.25, 0.3) is 5.91 Å². The average Bonchev–Trinajstić information content (AvgIpc) is 2.84. The van der Waals surface area contributed by atoms with Crippen molar-refractivity contribution >= 4 is 60.5 Å². The number of anilines is 2. The van der Waals surface area contributed by atoms with Crippen LogP contribution in [0.4, 0.5) is 11.4 Å². The summed E-state index contributed by atoms with van der Waals surface area (Å²) >= 11 is 12.5. The number of hydrogen-bond donors (Lipinski definition) is 1. The van der Waals surface area contributed by atoms with Crippen molar-refractivity contribution in [2.75, 3.05) is 29.0 Å². The highest BCUT2D eigenvalue weighted by molar-refractivity contribution is 7.92. The van der Waals surface area contributed by atoms with Gasteiger partial charge in [-0.2, -0.15) is 4.31 Å². The zero-order valence-corrected chi connectivity index (χ0v) is 23.6. The molecule has 12 heteroatoms. The van der Waals surface area contributed by atoms with E-state index in [1.54, 1.807) is 32.0 Å². The Morgan fingerprint density at radius 2 is 1.38 bits per heavy atom. The fourth-order valence-corrected chi connectivity index (χ4v) is 6.48. The molecular weight excluding hydrogens is 557 g/mol. The molecule has 0 heterocycles. The van der Waals surface area contributed by atoms with Crippen LogP contribution >= 0.6 is 23.2 Å². The van der Waals surface area contributed by atoms with E-state index in [1.165, 1.54) is 52.8 Å². The molecule has 198 valence electrons. The van der Waals surface area contributed by atoms with Gasteiger partial charge in [0.05, 0.1) is 23.4 Å². The van der Waals surface area contributed by atoms with Crippen molar-refractivity contribution in [2.45, 2.75) is 25.3 Å². The highest BCUT2D eigenvalue weighted by Crippen LogP contribution is 2.29. The lowest BCUT2D eigenvalue weighted by Crippen LogP contribution is -2.30. The number of sulfonamides is 2. The molecule has 0 aliphatic heterocycles. The summed E-state index contributed by atoms with van der Waals surface area (Å²) in [4.78, 5) is 12.9. The maximum atomic E-state index is 12.8. The molecule has 0 aliphatic rings. The van der Waals surface area contributed by atoms with E-state index in [4.69, 9.17) is 23.2 Å². The molecule has 0 fully saturated rings. The van der Waals surface area contributed by atoms with Gasteiger partial charge in [0.2, 0.25) is 20.0 Å². The van der Waals surface area contributed by atoms with Crippen LogP contribution in [0, 0.1) is 0 Å². The van der Waals surface area contributed by atoms with Gasteiger partial charge in [0.1, 0.15) is 0 Å². The SMILES string of the molecule is CCN(CC)S(=O)(=O)c1ccc(NC(=O)c2ccc(N(Cc3c(Cl)cccc3Cl)S(C)(=O)=O)cc2)cc1. The van der Waals surface area contributed by atoms with Gasteiger partial charge in [-0.3, -0.25) is 9.10 Å². The summed E-state index contributed by atoms with van der Waals surface area (Å²) in [5.74, 6) is -0.439. The zero-order chi connectivity index (χ0) is 27.4. The molecule has 0 radical (unpaired) electrons. The highest BCUT2D eigenvalue weighted by Gasteiger charge is 2.22. The minimum Gasteiger partial charge on any atom is -0.322 e. The van der Waals surface area contributed by atoms with Gasteiger partial charge >= 0.3 is 0 Å². The number of nitrogens with zero attached hydrogens (tertiary/aromatic N) is 2. The van der Waals surface area contributed by atoms with Crippen molar-refractivity contribution < 1.29 is 21.6 Å². The summed E-state index contributed by atoms with van der Waals surface area (Å²) in [5, 5.41) is 3.40. The first-order valence-electron chi connectivity index (χ1n) is 11.3. The molecule has 0 atom stereocenters. The third kappa shape index (κ3) is 6.82. The molecule has 3 rings (SSSR count). The Kier molecular flexibility index (Phi) is 9.25. The summed E-state index contributed by atoms with van der Waals surface area (Å²) < 4.78 is 52.8. The van der Waals surface area contributed by atoms with Crippen LogP contribution in [0.15, 0.2) is 71.6 Å². The zero-order valence-electron chi connectivity index (χ0n) is 20.5. The molecule has 1 N–H and O–H groups in total. The van der Waals surface area contributed by atoms with Crippen molar-refractivity contribution in [1.82, 2.24) is 4.31 Å². The lowest BCUT2D eigenvalue weighted by atomic mass is 10.1. The number of carbonyl (C=O) groups is 1. The Balaban J connectivity index is 1.78. The summed E-state index contributed by atoms with van der Waals surface area (Å²) in [5.41, 5.74) is 1.50. The minimum absolute atomic E-state index is 0.0777. The predicted molar refractivity (Wildman–Crippen MR) is 148 cm³/mol. The maximum Gasteiger partial charge on any atom is 0.255 e. The van der Waals surface area contributed by atoms with Gasteiger partial charge < -0.3 is 5.32 Å². The van der Waals surface area contributed by atoms with E-state index in [0.717, 1.165) is 10.6 Å². The van der Waals surface area contributed by atoms with E-state index in [-0.39, 0.29) is 17.0 Å². The fraction of sp³-hybridized carbons (Fsp3) is 0.240. The number of halogens is 2. The lowest BCUT2D eigenvalue weighted by Gasteiger charge is -2.23. The summed E-state index contributed by atoms with van der Waals surface area (Å²) in [6.45, 7) is 4.17. The first-order chi connectivity index (χ1) is 17.4. The summed E-state index contributed by atoms with van der Waals surface area (Å²) in [7, 11) is -7.30. The number of nitrogens with one attached hydrogen (secondary N) is 1. The van der Waals surface area contributed by atoms with Crippen molar-refractivity contribution in [3.63, 3.8) is 0 Å². The first-order valence-corrected chi connectivity index (χ1v) is 15.3. The van der Waals surface area contributed by atoms with Gasteiger partial charge in [-0.1, -0.05) is 43.1 Å². The Morgan fingerprint density at radius 1 is 0.838 bits per heavy atom. The van der Waals surface area contributed by atoms with Gasteiger partial charge in [-0.05, 0) is 60.7 Å². The molecule has 37 heavy (non-hydrogen) atoms. The van der Waals surface area contributed by atoms with Gasteiger partial charge in [0, 0.05) is 39.9 Å². The van der Waals surface area contributed by atoms with Crippen LogP contribution in [0.3, 0.4) is 0 Å². The third-order valence-electron chi connectivity index (χ3n) is 5.64. The van der Waals surface area contributed by atoms with Crippen LogP contribution < -0.4 is 9.62 Å². The maximum absolute atomic E-state index is 12.8. The molecule has 0 aromatic heterocycles. The second-order valence-corrected chi connectivity index (χ2v) is 12.7. The van der Waals surface area contributed by atoms with Gasteiger partial charge in [-0.15, -0.1) is 0 Å². The fourth-order valence-electron chi connectivity index (χ4n) is 3.63. The molecule has 0 saturated carbocycles. The third-order valence-corrected chi connectivity index (χ3v) is 9.55. The van der Waals surface area contributed by atoms with Crippen molar-refractivity contribution in [2.24, 2.45) is 0 Å². The quantitative estimate of drug-likeness (QED) is 0.351. The van der Waals surface area contributed by atoms with E-state index < -0.39 is 26.0 Å². The van der Waals surface area contributed by atoms with Gasteiger partial charge in [0.15, 0.2) is 0 Å². The lowest BCUT2D eigenvalue weighted by molar-refractivity contribution is 0.102. The second-order valence-electron chi connectivity index (χ2n) is 8.08. The molecule has 3 aromatic carbocycles. The Labute approximate surface area is 227 Å². The second kappa shape index (κ2) is 11.8. The smallest absolute Gasteiger partial charge is 0.255 e.